The second kappa shape index (κ2) is 10.2. The second-order valence-corrected chi connectivity index (χ2v) is 8.93. The molecule has 2 unspecified atom stereocenters. The number of carboxylic acids is 3. The maximum Gasteiger partial charge on any atom is 0.339 e. The first-order valence-corrected chi connectivity index (χ1v) is 10.9. The average Bonchev–Trinajstić information content (AvgIpc) is 2.41. The Bertz CT molecular complexity index is 619. The number of nitrogens with zero attached hydrogens (tertiary/aromatic N) is 2. The number of rotatable bonds is 13. The Morgan fingerprint density at radius 2 is 1.30 bits per heavy atom. The molecule has 0 heterocycles. The predicted octanol–water partition coefficient (Wildman–Crippen LogP) is -1.74. The van der Waals surface area contributed by atoms with Crippen molar-refractivity contribution < 1.29 is 58.4 Å². The van der Waals surface area contributed by atoms with E-state index in [1.165, 1.54) is 0 Å². The smallest absolute Gasteiger partial charge is 0.339 e. The zero-order valence-corrected chi connectivity index (χ0v) is 15.9. The van der Waals surface area contributed by atoms with E-state index in [1.807, 2.05) is 0 Å². The van der Waals surface area contributed by atoms with Gasteiger partial charge in [-0.25, -0.2) is 0 Å². The Labute approximate surface area is 153 Å². The molecule has 0 aromatic carbocycles. The van der Waals surface area contributed by atoms with Gasteiger partial charge >= 0.3 is 33.1 Å². The van der Waals surface area contributed by atoms with Crippen molar-refractivity contribution in [1.29, 1.82) is 0 Å². The number of aliphatic carboxylic acids is 3. The van der Waals surface area contributed by atoms with Gasteiger partial charge in [-0.1, -0.05) is 0 Å². The normalized spacial score (nSPS) is 14.9. The first-order chi connectivity index (χ1) is 12.0. The van der Waals surface area contributed by atoms with Crippen molar-refractivity contribution in [1.82, 2.24) is 9.80 Å². The van der Waals surface area contributed by atoms with E-state index in [0.29, 0.717) is 4.90 Å². The Morgan fingerprint density at radius 3 is 1.59 bits per heavy atom. The van der Waals surface area contributed by atoms with Crippen LogP contribution >= 0.6 is 15.2 Å². The van der Waals surface area contributed by atoms with Crippen LogP contribution < -0.4 is 0 Å². The minimum Gasteiger partial charge on any atom is -0.481 e. The van der Waals surface area contributed by atoms with E-state index in [2.05, 4.69) is 0 Å². The molecule has 27 heavy (non-hydrogen) atoms. The molecule has 0 aromatic rings. The summed E-state index contributed by atoms with van der Waals surface area (Å²) in [6, 6.07) is -3.27. The highest BCUT2D eigenvalue weighted by atomic mass is 31.2. The van der Waals surface area contributed by atoms with Gasteiger partial charge in [-0.3, -0.25) is 33.3 Å². The van der Waals surface area contributed by atoms with Gasteiger partial charge in [-0.2, -0.15) is 0 Å². The highest BCUT2D eigenvalue weighted by Crippen LogP contribution is 2.40. The monoisotopic (exact) mass is 436 g/mol. The Morgan fingerprint density at radius 1 is 0.852 bits per heavy atom. The van der Waals surface area contributed by atoms with Crippen LogP contribution in [0.1, 0.15) is 13.3 Å². The summed E-state index contributed by atoms with van der Waals surface area (Å²) in [5.74, 6) is -4.64. The largest absolute Gasteiger partial charge is 0.481 e. The third kappa shape index (κ3) is 11.2. The van der Waals surface area contributed by atoms with E-state index in [-0.39, 0.29) is 0 Å². The molecule has 14 nitrogen and oxygen atoms in total. The van der Waals surface area contributed by atoms with Gasteiger partial charge in [0.1, 0.15) is 24.7 Å². The van der Waals surface area contributed by atoms with Crippen molar-refractivity contribution in [2.75, 3.05) is 25.7 Å². The van der Waals surface area contributed by atoms with Crippen molar-refractivity contribution in [2.45, 2.75) is 25.4 Å². The lowest BCUT2D eigenvalue weighted by molar-refractivity contribution is -0.155. The van der Waals surface area contributed by atoms with E-state index in [4.69, 9.17) is 29.8 Å². The van der Waals surface area contributed by atoms with Crippen LogP contribution in [0.15, 0.2) is 0 Å². The van der Waals surface area contributed by atoms with Crippen LogP contribution in [0.25, 0.3) is 0 Å². The molecule has 0 aromatic heterocycles. The van der Waals surface area contributed by atoms with Gasteiger partial charge in [0.05, 0.1) is 6.42 Å². The molecular weight excluding hydrogens is 414 g/mol. The van der Waals surface area contributed by atoms with Crippen LogP contribution in [0.3, 0.4) is 0 Å². The van der Waals surface area contributed by atoms with E-state index >= 15 is 0 Å². The average molecular weight is 436 g/mol. The van der Waals surface area contributed by atoms with Gasteiger partial charge in [0.25, 0.3) is 0 Å². The van der Waals surface area contributed by atoms with Gasteiger partial charge in [0.2, 0.25) is 0 Å². The molecule has 0 saturated heterocycles. The minimum atomic E-state index is -4.74. The molecule has 7 N–H and O–H groups in total. The molecule has 0 fully saturated rings. The highest BCUT2D eigenvalue weighted by molar-refractivity contribution is 7.52. The first kappa shape index (κ1) is 25.6. The molecule has 0 bridgehead atoms. The van der Waals surface area contributed by atoms with E-state index in [1.54, 1.807) is 0 Å². The maximum atomic E-state index is 11.3. The molecule has 0 radical (unpaired) electrons. The van der Waals surface area contributed by atoms with Gasteiger partial charge in [-0.15, -0.1) is 0 Å². The molecule has 0 aliphatic heterocycles. The summed E-state index contributed by atoms with van der Waals surface area (Å²) in [6.45, 7) is 0.0192. The molecular formula is C11H22N2O12P2. The molecule has 16 heteroatoms. The quantitative estimate of drug-likeness (QED) is 0.159. The summed E-state index contributed by atoms with van der Waals surface area (Å²) >= 11 is 0. The van der Waals surface area contributed by atoms with Gasteiger partial charge in [0.15, 0.2) is 0 Å². The third-order valence-corrected chi connectivity index (χ3v) is 4.89. The number of carboxylic acid groups (broad SMARTS) is 3. The fourth-order valence-electron chi connectivity index (χ4n) is 2.24. The summed E-state index contributed by atoms with van der Waals surface area (Å²) in [7, 11) is -9.48. The molecule has 0 aliphatic rings. The van der Waals surface area contributed by atoms with Crippen LogP contribution in [0.2, 0.25) is 0 Å². The fourth-order valence-corrected chi connectivity index (χ4v) is 3.92. The SMILES string of the molecule is CC(C(=O)O)N(CCN(CP(=O)(O)O)CP(=O)(O)O)C(CC(=O)O)C(=O)O. The molecule has 0 spiro atoms. The summed E-state index contributed by atoms with van der Waals surface area (Å²) in [6.07, 6.45) is -3.09. The Balaban J connectivity index is 5.56. The summed E-state index contributed by atoms with van der Waals surface area (Å²) in [4.78, 5) is 70.8. The van der Waals surface area contributed by atoms with Gasteiger partial charge < -0.3 is 34.9 Å². The van der Waals surface area contributed by atoms with E-state index < -0.39 is 77.3 Å². The van der Waals surface area contributed by atoms with Crippen LogP contribution in [-0.2, 0) is 23.5 Å². The molecule has 0 aliphatic carbocycles. The maximum absolute atomic E-state index is 11.3. The number of carbonyl (C=O) groups is 3. The van der Waals surface area contributed by atoms with Crippen LogP contribution in [0.4, 0.5) is 0 Å². The lowest BCUT2D eigenvalue weighted by atomic mass is 10.1. The van der Waals surface area contributed by atoms with Gasteiger partial charge in [0, 0.05) is 13.1 Å². The molecule has 158 valence electrons. The van der Waals surface area contributed by atoms with Crippen LogP contribution in [0, 0.1) is 0 Å². The highest BCUT2D eigenvalue weighted by Gasteiger charge is 2.35. The standard InChI is InChI=1S/C11H22N2O12P2/c1-7(10(16)17)13(8(11(18)19)4-9(14)15)3-2-12(5-26(20,21)22)6-27(23,24)25/h7-8H,2-6H2,1H3,(H,14,15)(H,16,17)(H,18,19)(H2,20,21,22)(H2,23,24,25). The molecule has 0 saturated carbocycles. The van der Waals surface area contributed by atoms with Crippen molar-refractivity contribution >= 4 is 33.1 Å². The zero-order valence-electron chi connectivity index (χ0n) is 14.2. The summed E-state index contributed by atoms with van der Waals surface area (Å²) in [5, 5.41) is 27.1. The predicted molar refractivity (Wildman–Crippen MR) is 88.0 cm³/mol. The third-order valence-electron chi connectivity index (χ3n) is 3.35. The Hall–Kier alpha value is -1.37. The Kier molecular flexibility index (Phi) is 9.73. The summed E-state index contributed by atoms with van der Waals surface area (Å²) < 4.78 is 22.2. The van der Waals surface area contributed by atoms with E-state index in [0.717, 1.165) is 11.8 Å². The van der Waals surface area contributed by atoms with E-state index in [9.17, 15) is 28.6 Å². The topological polar surface area (TPSA) is 233 Å². The minimum absolute atomic E-state index is 0.530. The van der Waals surface area contributed by atoms with Crippen LogP contribution in [0.5, 0.6) is 0 Å². The van der Waals surface area contributed by atoms with Crippen molar-refractivity contribution in [2.24, 2.45) is 0 Å². The van der Waals surface area contributed by atoms with Crippen molar-refractivity contribution in [3.8, 4) is 0 Å². The second-order valence-electron chi connectivity index (χ2n) is 5.71. The fraction of sp³-hybridized carbons (Fsp3) is 0.727. The molecule has 0 amide bonds. The van der Waals surface area contributed by atoms with Crippen molar-refractivity contribution in [3.63, 3.8) is 0 Å². The summed E-state index contributed by atoms with van der Waals surface area (Å²) in [5.41, 5.74) is 0. The van der Waals surface area contributed by atoms with Gasteiger partial charge in [-0.05, 0) is 6.92 Å². The zero-order chi connectivity index (χ0) is 21.6. The molecule has 2 atom stereocenters. The first-order valence-electron chi connectivity index (χ1n) is 7.28. The van der Waals surface area contributed by atoms with Crippen molar-refractivity contribution in [3.05, 3.63) is 0 Å². The lowest BCUT2D eigenvalue weighted by Gasteiger charge is -2.33. The molecule has 0 rings (SSSR count). The number of hydrogen-bond acceptors (Lipinski definition) is 7. The lowest BCUT2D eigenvalue weighted by Crippen LogP contribution is -2.52. The number of hydrogen-bond donors (Lipinski definition) is 7. The van der Waals surface area contributed by atoms with Crippen LogP contribution in [-0.4, -0.2) is 100 Å².